The molecular formula is C18H17N3OS. The molecule has 0 aliphatic heterocycles. The Kier molecular flexibility index (Phi) is 4.21. The van der Waals surface area contributed by atoms with Gasteiger partial charge in [0.1, 0.15) is 5.69 Å². The minimum absolute atomic E-state index is 0.0781. The molecule has 0 fully saturated rings. The zero-order chi connectivity index (χ0) is 16.3. The Labute approximate surface area is 139 Å². The van der Waals surface area contributed by atoms with Crippen LogP contribution in [0.3, 0.4) is 0 Å². The number of hydrogen-bond donors (Lipinski definition) is 1. The van der Waals surface area contributed by atoms with Crippen molar-refractivity contribution in [1.82, 2.24) is 9.97 Å². The van der Waals surface area contributed by atoms with Gasteiger partial charge in [-0.25, -0.2) is 4.98 Å². The average molecular weight is 323 g/mol. The number of carbonyl (C=O) groups is 1. The lowest BCUT2D eigenvalue weighted by Crippen LogP contribution is -2.34. The fourth-order valence-corrected chi connectivity index (χ4v) is 2.90. The quantitative estimate of drug-likeness (QED) is 0.785. The highest BCUT2D eigenvalue weighted by Gasteiger charge is 2.30. The smallest absolute Gasteiger partial charge is 0.236 e. The SMILES string of the molecule is CC(C)(C(=O)Nc1nc(-c2ccccn2)cs1)c1ccccc1. The third-order valence-corrected chi connectivity index (χ3v) is 4.47. The van der Waals surface area contributed by atoms with Gasteiger partial charge in [-0.3, -0.25) is 9.78 Å². The van der Waals surface area contributed by atoms with Crippen molar-refractivity contribution < 1.29 is 4.79 Å². The van der Waals surface area contributed by atoms with Gasteiger partial charge in [0.2, 0.25) is 5.91 Å². The predicted molar refractivity (Wildman–Crippen MR) is 93.4 cm³/mol. The highest BCUT2D eigenvalue weighted by atomic mass is 32.1. The molecule has 23 heavy (non-hydrogen) atoms. The highest BCUT2D eigenvalue weighted by molar-refractivity contribution is 7.14. The van der Waals surface area contributed by atoms with Gasteiger partial charge in [-0.15, -0.1) is 11.3 Å². The van der Waals surface area contributed by atoms with Crippen LogP contribution in [0.2, 0.25) is 0 Å². The van der Waals surface area contributed by atoms with Crippen molar-refractivity contribution in [3.8, 4) is 11.4 Å². The summed E-state index contributed by atoms with van der Waals surface area (Å²) >= 11 is 1.40. The molecule has 0 saturated carbocycles. The van der Waals surface area contributed by atoms with Gasteiger partial charge >= 0.3 is 0 Å². The first-order valence-corrected chi connectivity index (χ1v) is 8.19. The molecule has 0 saturated heterocycles. The third-order valence-electron chi connectivity index (χ3n) is 3.72. The molecule has 2 aromatic heterocycles. The van der Waals surface area contributed by atoms with Crippen LogP contribution in [0.4, 0.5) is 5.13 Å². The van der Waals surface area contributed by atoms with Gasteiger partial charge in [0.25, 0.3) is 0 Å². The number of nitrogens with zero attached hydrogens (tertiary/aromatic N) is 2. The number of aromatic nitrogens is 2. The number of benzene rings is 1. The molecule has 5 heteroatoms. The molecule has 3 rings (SSSR count). The van der Waals surface area contributed by atoms with E-state index in [9.17, 15) is 4.79 Å². The largest absolute Gasteiger partial charge is 0.301 e. The van der Waals surface area contributed by atoms with Crippen LogP contribution in [0.15, 0.2) is 60.1 Å². The van der Waals surface area contributed by atoms with Gasteiger partial charge in [-0.2, -0.15) is 0 Å². The average Bonchev–Trinajstić information content (AvgIpc) is 3.05. The number of hydrogen-bond acceptors (Lipinski definition) is 4. The number of nitrogens with one attached hydrogen (secondary N) is 1. The van der Waals surface area contributed by atoms with Gasteiger partial charge in [0.15, 0.2) is 5.13 Å². The summed E-state index contributed by atoms with van der Waals surface area (Å²) < 4.78 is 0. The highest BCUT2D eigenvalue weighted by Crippen LogP contribution is 2.27. The van der Waals surface area contributed by atoms with Crippen LogP contribution in [0, 0.1) is 0 Å². The van der Waals surface area contributed by atoms with E-state index in [2.05, 4.69) is 15.3 Å². The van der Waals surface area contributed by atoms with Crippen LogP contribution in [0.5, 0.6) is 0 Å². The summed E-state index contributed by atoms with van der Waals surface area (Å²) in [5, 5.41) is 5.39. The maximum Gasteiger partial charge on any atom is 0.236 e. The molecular weight excluding hydrogens is 306 g/mol. The summed E-state index contributed by atoms with van der Waals surface area (Å²) in [7, 11) is 0. The zero-order valence-electron chi connectivity index (χ0n) is 13.0. The monoisotopic (exact) mass is 323 g/mol. The first-order chi connectivity index (χ1) is 11.1. The first-order valence-electron chi connectivity index (χ1n) is 7.31. The third kappa shape index (κ3) is 3.29. The minimum Gasteiger partial charge on any atom is -0.301 e. The fraction of sp³-hybridized carbons (Fsp3) is 0.167. The lowest BCUT2D eigenvalue weighted by atomic mass is 9.84. The Balaban J connectivity index is 1.77. The normalized spacial score (nSPS) is 11.2. The summed E-state index contributed by atoms with van der Waals surface area (Å²) in [6.45, 7) is 3.82. The topological polar surface area (TPSA) is 54.9 Å². The molecule has 3 aromatic rings. The van der Waals surface area contributed by atoms with Crippen LogP contribution in [-0.2, 0) is 10.2 Å². The van der Waals surface area contributed by atoms with E-state index in [1.165, 1.54) is 11.3 Å². The molecule has 0 bridgehead atoms. The standard InChI is InChI=1S/C18H17N3OS/c1-18(2,13-8-4-3-5-9-13)16(22)21-17-20-15(12-23-17)14-10-6-7-11-19-14/h3-12H,1-2H3,(H,20,21,22). The maximum absolute atomic E-state index is 12.6. The van der Waals surface area contributed by atoms with Gasteiger partial charge in [-0.1, -0.05) is 36.4 Å². The Morgan fingerprint density at radius 1 is 1.04 bits per heavy atom. The van der Waals surface area contributed by atoms with Crippen LogP contribution < -0.4 is 5.32 Å². The fourth-order valence-electron chi connectivity index (χ4n) is 2.20. The second kappa shape index (κ2) is 6.30. The van der Waals surface area contributed by atoms with Crippen molar-refractivity contribution in [2.75, 3.05) is 5.32 Å². The lowest BCUT2D eigenvalue weighted by Gasteiger charge is -2.23. The van der Waals surface area contributed by atoms with Gasteiger partial charge < -0.3 is 5.32 Å². The van der Waals surface area contributed by atoms with E-state index < -0.39 is 5.41 Å². The first kappa shape index (κ1) is 15.4. The number of pyridine rings is 1. The Hall–Kier alpha value is -2.53. The molecule has 2 heterocycles. The molecule has 4 nitrogen and oxygen atoms in total. The van der Waals surface area contributed by atoms with Crippen LogP contribution in [-0.4, -0.2) is 15.9 Å². The van der Waals surface area contributed by atoms with Gasteiger partial charge in [0.05, 0.1) is 11.1 Å². The van der Waals surface area contributed by atoms with Crippen molar-refractivity contribution in [3.05, 3.63) is 65.7 Å². The Morgan fingerprint density at radius 3 is 2.48 bits per heavy atom. The number of thiazole rings is 1. The van der Waals surface area contributed by atoms with Crippen molar-refractivity contribution >= 4 is 22.4 Å². The Morgan fingerprint density at radius 2 is 1.78 bits per heavy atom. The number of amides is 1. The molecule has 116 valence electrons. The lowest BCUT2D eigenvalue weighted by molar-refractivity contribution is -0.120. The van der Waals surface area contributed by atoms with Crippen molar-refractivity contribution in [3.63, 3.8) is 0 Å². The molecule has 0 atom stereocenters. The van der Waals surface area contributed by atoms with E-state index in [4.69, 9.17) is 0 Å². The molecule has 1 aromatic carbocycles. The van der Waals surface area contributed by atoms with E-state index in [1.54, 1.807) is 6.20 Å². The molecule has 0 aliphatic carbocycles. The molecule has 1 N–H and O–H groups in total. The Bertz CT molecular complexity index is 797. The molecule has 0 spiro atoms. The second-order valence-corrected chi connectivity index (χ2v) is 6.56. The molecule has 0 radical (unpaired) electrons. The number of anilines is 1. The van der Waals surface area contributed by atoms with Crippen molar-refractivity contribution in [1.29, 1.82) is 0 Å². The zero-order valence-corrected chi connectivity index (χ0v) is 13.8. The van der Waals surface area contributed by atoms with Gasteiger partial charge in [-0.05, 0) is 31.5 Å². The summed E-state index contributed by atoms with van der Waals surface area (Å²) in [4.78, 5) is 21.3. The molecule has 0 unspecified atom stereocenters. The van der Waals surface area contributed by atoms with Crippen LogP contribution >= 0.6 is 11.3 Å². The summed E-state index contributed by atoms with van der Waals surface area (Å²) in [6, 6.07) is 15.4. The van der Waals surface area contributed by atoms with Crippen molar-refractivity contribution in [2.45, 2.75) is 19.3 Å². The van der Waals surface area contributed by atoms with E-state index in [0.717, 1.165) is 17.0 Å². The van der Waals surface area contributed by atoms with E-state index in [0.29, 0.717) is 5.13 Å². The molecule has 0 aliphatic rings. The van der Waals surface area contributed by atoms with Crippen LogP contribution in [0.1, 0.15) is 19.4 Å². The summed E-state index contributed by atoms with van der Waals surface area (Å²) in [6.07, 6.45) is 1.73. The van der Waals surface area contributed by atoms with E-state index >= 15 is 0 Å². The maximum atomic E-state index is 12.6. The predicted octanol–water partition coefficient (Wildman–Crippen LogP) is 4.12. The van der Waals surface area contributed by atoms with E-state index in [-0.39, 0.29) is 5.91 Å². The van der Waals surface area contributed by atoms with Crippen molar-refractivity contribution in [2.24, 2.45) is 0 Å². The molecule has 1 amide bonds. The number of rotatable bonds is 4. The number of carbonyl (C=O) groups excluding carboxylic acids is 1. The van der Waals surface area contributed by atoms with Gasteiger partial charge in [0, 0.05) is 11.6 Å². The van der Waals surface area contributed by atoms with Crippen LogP contribution in [0.25, 0.3) is 11.4 Å². The minimum atomic E-state index is -0.627. The summed E-state index contributed by atoms with van der Waals surface area (Å²) in [5.41, 5.74) is 1.91. The van der Waals surface area contributed by atoms with E-state index in [1.807, 2.05) is 67.8 Å². The second-order valence-electron chi connectivity index (χ2n) is 5.70. The summed E-state index contributed by atoms with van der Waals surface area (Å²) in [5.74, 6) is -0.0781.